The standard InChI is InChI=1S/C15H13ClN4O/c1-9(14-19-12-4-2-3-5-13(12)20-14)18-15(21)10-8-17-7-6-11(10)16/h2-9H,1H3,(H,18,21)(H,19,20). The normalized spacial score (nSPS) is 12.3. The van der Waals surface area contributed by atoms with Gasteiger partial charge in [-0.25, -0.2) is 4.98 Å². The monoisotopic (exact) mass is 300 g/mol. The molecule has 0 saturated heterocycles. The lowest BCUT2D eigenvalue weighted by molar-refractivity contribution is 0.0938. The van der Waals surface area contributed by atoms with E-state index >= 15 is 0 Å². The molecule has 0 spiro atoms. The van der Waals surface area contributed by atoms with E-state index < -0.39 is 0 Å². The van der Waals surface area contributed by atoms with Crippen molar-refractivity contribution in [3.05, 3.63) is 59.1 Å². The Morgan fingerprint density at radius 1 is 1.33 bits per heavy atom. The highest BCUT2D eigenvalue weighted by atomic mass is 35.5. The molecular weight excluding hydrogens is 288 g/mol. The first kappa shape index (κ1) is 13.6. The zero-order valence-electron chi connectivity index (χ0n) is 11.3. The predicted molar refractivity (Wildman–Crippen MR) is 81.2 cm³/mol. The Morgan fingerprint density at radius 3 is 2.90 bits per heavy atom. The molecule has 0 fully saturated rings. The Morgan fingerprint density at radius 2 is 2.14 bits per heavy atom. The number of rotatable bonds is 3. The molecule has 1 amide bonds. The highest BCUT2D eigenvalue weighted by Gasteiger charge is 2.16. The van der Waals surface area contributed by atoms with Crippen LogP contribution in [-0.4, -0.2) is 20.9 Å². The number of amides is 1. The second-order valence-corrected chi connectivity index (χ2v) is 5.10. The molecule has 0 aliphatic rings. The van der Waals surface area contributed by atoms with E-state index in [1.807, 2.05) is 31.2 Å². The second kappa shape index (κ2) is 5.54. The third-order valence-corrected chi connectivity index (χ3v) is 3.51. The molecule has 1 unspecified atom stereocenters. The number of pyridine rings is 1. The molecule has 21 heavy (non-hydrogen) atoms. The third-order valence-electron chi connectivity index (χ3n) is 3.18. The molecule has 3 aromatic rings. The summed E-state index contributed by atoms with van der Waals surface area (Å²) in [6.45, 7) is 1.86. The van der Waals surface area contributed by atoms with Gasteiger partial charge in [0.1, 0.15) is 5.82 Å². The second-order valence-electron chi connectivity index (χ2n) is 4.69. The summed E-state index contributed by atoms with van der Waals surface area (Å²) in [5.41, 5.74) is 2.16. The fourth-order valence-electron chi connectivity index (χ4n) is 2.06. The minimum atomic E-state index is -0.277. The van der Waals surface area contributed by atoms with E-state index in [1.165, 1.54) is 6.20 Å². The Labute approximate surface area is 126 Å². The van der Waals surface area contributed by atoms with Crippen LogP contribution in [0.2, 0.25) is 5.02 Å². The molecule has 1 atom stereocenters. The quantitative estimate of drug-likeness (QED) is 0.781. The number of nitrogens with one attached hydrogen (secondary N) is 2. The van der Waals surface area contributed by atoms with Gasteiger partial charge in [-0.3, -0.25) is 9.78 Å². The zero-order valence-corrected chi connectivity index (χ0v) is 12.1. The van der Waals surface area contributed by atoms with E-state index in [0.29, 0.717) is 16.4 Å². The van der Waals surface area contributed by atoms with Crippen LogP contribution in [-0.2, 0) is 0 Å². The van der Waals surface area contributed by atoms with Crippen molar-refractivity contribution >= 4 is 28.5 Å². The molecule has 2 heterocycles. The number of halogens is 1. The summed E-state index contributed by atoms with van der Waals surface area (Å²) in [6, 6.07) is 9.04. The van der Waals surface area contributed by atoms with Crippen LogP contribution >= 0.6 is 11.6 Å². The molecule has 6 heteroatoms. The van der Waals surface area contributed by atoms with Gasteiger partial charge in [0.05, 0.1) is 27.7 Å². The number of nitrogens with zero attached hydrogens (tertiary/aromatic N) is 2. The SMILES string of the molecule is CC(NC(=O)c1cnccc1Cl)c1nc2ccccc2[nH]1. The minimum Gasteiger partial charge on any atom is -0.342 e. The molecule has 106 valence electrons. The number of hydrogen-bond donors (Lipinski definition) is 2. The Balaban J connectivity index is 1.81. The maximum absolute atomic E-state index is 12.2. The molecule has 1 aromatic carbocycles. The highest BCUT2D eigenvalue weighted by Crippen LogP contribution is 2.18. The fraction of sp³-hybridized carbons (Fsp3) is 0.133. The number of carbonyl (C=O) groups excluding carboxylic acids is 1. The summed E-state index contributed by atoms with van der Waals surface area (Å²) in [7, 11) is 0. The van der Waals surface area contributed by atoms with Gasteiger partial charge in [-0.05, 0) is 25.1 Å². The highest BCUT2D eigenvalue weighted by molar-refractivity contribution is 6.33. The summed E-state index contributed by atoms with van der Waals surface area (Å²) < 4.78 is 0. The molecule has 0 bridgehead atoms. The zero-order chi connectivity index (χ0) is 14.8. The van der Waals surface area contributed by atoms with Crippen molar-refractivity contribution in [3.8, 4) is 0 Å². The van der Waals surface area contributed by atoms with Crippen LogP contribution in [0, 0.1) is 0 Å². The largest absolute Gasteiger partial charge is 0.342 e. The molecule has 0 aliphatic carbocycles. The minimum absolute atomic E-state index is 0.263. The van der Waals surface area contributed by atoms with Crippen LogP contribution in [0.4, 0.5) is 0 Å². The number of carbonyl (C=O) groups is 1. The van der Waals surface area contributed by atoms with Gasteiger partial charge in [-0.15, -0.1) is 0 Å². The van der Waals surface area contributed by atoms with Crippen molar-refractivity contribution in [1.82, 2.24) is 20.3 Å². The molecule has 5 nitrogen and oxygen atoms in total. The first-order chi connectivity index (χ1) is 10.1. The van der Waals surface area contributed by atoms with Gasteiger partial charge in [0.2, 0.25) is 0 Å². The first-order valence-corrected chi connectivity index (χ1v) is 6.88. The van der Waals surface area contributed by atoms with Crippen molar-refractivity contribution in [2.75, 3.05) is 0 Å². The molecule has 0 aliphatic heterocycles. The van der Waals surface area contributed by atoms with Crippen LogP contribution in [0.1, 0.15) is 29.1 Å². The molecule has 2 aromatic heterocycles. The average molecular weight is 301 g/mol. The summed E-state index contributed by atoms with van der Waals surface area (Å²) in [4.78, 5) is 23.8. The molecule has 0 saturated carbocycles. The molecular formula is C15H13ClN4O. The van der Waals surface area contributed by atoms with E-state index in [4.69, 9.17) is 11.6 Å². The first-order valence-electron chi connectivity index (χ1n) is 6.50. The van der Waals surface area contributed by atoms with Crippen molar-refractivity contribution in [3.63, 3.8) is 0 Å². The lowest BCUT2D eigenvalue weighted by Gasteiger charge is -2.11. The number of fused-ring (bicyclic) bond motifs is 1. The number of para-hydroxylation sites is 2. The van der Waals surface area contributed by atoms with Crippen molar-refractivity contribution < 1.29 is 4.79 Å². The van der Waals surface area contributed by atoms with Gasteiger partial charge in [0.25, 0.3) is 5.91 Å². The number of H-pyrrole nitrogens is 1. The van der Waals surface area contributed by atoms with Crippen molar-refractivity contribution in [2.24, 2.45) is 0 Å². The lowest BCUT2D eigenvalue weighted by Crippen LogP contribution is -2.27. The van der Waals surface area contributed by atoms with E-state index in [9.17, 15) is 4.79 Å². The topological polar surface area (TPSA) is 70.7 Å². The Bertz CT molecular complexity index is 766. The van der Waals surface area contributed by atoms with Gasteiger partial charge in [0.15, 0.2) is 0 Å². The maximum atomic E-state index is 12.2. The molecule has 0 radical (unpaired) electrons. The number of aromatic nitrogens is 3. The van der Waals surface area contributed by atoms with Crippen LogP contribution < -0.4 is 5.32 Å². The van der Waals surface area contributed by atoms with Gasteiger partial charge in [-0.2, -0.15) is 0 Å². The number of imidazole rings is 1. The molecule has 2 N–H and O–H groups in total. The van der Waals surface area contributed by atoms with Crippen molar-refractivity contribution in [1.29, 1.82) is 0 Å². The number of hydrogen-bond acceptors (Lipinski definition) is 3. The summed E-state index contributed by atoms with van der Waals surface area (Å²) in [5.74, 6) is 0.422. The third kappa shape index (κ3) is 2.73. The van der Waals surface area contributed by atoms with Crippen LogP contribution in [0.15, 0.2) is 42.7 Å². The van der Waals surface area contributed by atoms with E-state index in [2.05, 4.69) is 20.3 Å². The van der Waals surface area contributed by atoms with E-state index in [0.717, 1.165) is 11.0 Å². The lowest BCUT2D eigenvalue weighted by atomic mass is 10.2. The van der Waals surface area contributed by atoms with Gasteiger partial charge in [-0.1, -0.05) is 23.7 Å². The van der Waals surface area contributed by atoms with E-state index in [1.54, 1.807) is 12.3 Å². The predicted octanol–water partition coefficient (Wildman–Crippen LogP) is 3.10. The summed E-state index contributed by atoms with van der Waals surface area (Å²) in [5, 5.41) is 3.23. The number of benzene rings is 1. The summed E-state index contributed by atoms with van der Waals surface area (Å²) in [6.07, 6.45) is 2.99. The fourth-order valence-corrected chi connectivity index (χ4v) is 2.26. The van der Waals surface area contributed by atoms with Gasteiger partial charge < -0.3 is 10.3 Å². The molecule has 3 rings (SSSR count). The number of aromatic amines is 1. The van der Waals surface area contributed by atoms with Gasteiger partial charge >= 0.3 is 0 Å². The Kier molecular flexibility index (Phi) is 3.58. The Hall–Kier alpha value is -2.40. The van der Waals surface area contributed by atoms with E-state index in [-0.39, 0.29) is 11.9 Å². The van der Waals surface area contributed by atoms with Crippen LogP contribution in [0.3, 0.4) is 0 Å². The summed E-state index contributed by atoms with van der Waals surface area (Å²) >= 11 is 5.99. The average Bonchev–Trinajstić information content (AvgIpc) is 2.91. The van der Waals surface area contributed by atoms with Crippen molar-refractivity contribution in [2.45, 2.75) is 13.0 Å². The van der Waals surface area contributed by atoms with Gasteiger partial charge in [0, 0.05) is 12.4 Å². The van der Waals surface area contributed by atoms with Crippen LogP contribution in [0.5, 0.6) is 0 Å². The van der Waals surface area contributed by atoms with Crippen LogP contribution in [0.25, 0.3) is 11.0 Å². The maximum Gasteiger partial charge on any atom is 0.254 e. The smallest absolute Gasteiger partial charge is 0.254 e.